The summed E-state index contributed by atoms with van der Waals surface area (Å²) >= 11 is 1.43. The molecule has 0 amide bonds. The fourth-order valence-electron chi connectivity index (χ4n) is 1.47. The third-order valence-corrected chi connectivity index (χ3v) is 3.64. The van der Waals surface area contributed by atoms with Crippen LogP contribution in [-0.2, 0) is 23.9 Å². The molecule has 5 N–H and O–H groups in total. The number of thioether (sulfide) groups is 1. The third kappa shape index (κ3) is 5.62. The molecule has 0 bridgehead atoms. The molecule has 0 aromatic carbocycles. The van der Waals surface area contributed by atoms with Gasteiger partial charge in [-0.1, -0.05) is 0 Å². The lowest BCUT2D eigenvalue weighted by Gasteiger charge is -2.26. The maximum atomic E-state index is 11.7. The molecule has 2 unspecified atom stereocenters. The quantitative estimate of drug-likeness (QED) is 0.305. The lowest BCUT2D eigenvalue weighted by Crippen LogP contribution is -2.50. The van der Waals surface area contributed by atoms with Crippen LogP contribution in [0, 0.1) is 5.92 Å². The molecule has 0 rings (SSSR count). The molecule has 0 spiro atoms. The molecule has 3 atom stereocenters. The van der Waals surface area contributed by atoms with Gasteiger partial charge in [0.1, 0.15) is 6.04 Å². The van der Waals surface area contributed by atoms with Gasteiger partial charge in [0.05, 0.1) is 12.3 Å². The van der Waals surface area contributed by atoms with Crippen molar-refractivity contribution in [3.63, 3.8) is 0 Å². The second-order valence-electron chi connectivity index (χ2n) is 4.65. The van der Waals surface area contributed by atoms with Crippen LogP contribution in [0.2, 0.25) is 0 Å². The minimum Gasteiger partial charge on any atom is -0.481 e. The molecule has 0 fully saturated rings. The van der Waals surface area contributed by atoms with Gasteiger partial charge in [0.25, 0.3) is 0 Å². The van der Waals surface area contributed by atoms with Crippen molar-refractivity contribution in [1.29, 1.82) is 0 Å². The minimum absolute atomic E-state index is 0.250. The summed E-state index contributed by atoms with van der Waals surface area (Å²) in [5.41, 5.74) is 2.61. The molecule has 22 heavy (non-hydrogen) atoms. The number of carbonyl (C=O) groups excluding carboxylic acids is 2. The Morgan fingerprint density at radius 3 is 2.18 bits per heavy atom. The van der Waals surface area contributed by atoms with Gasteiger partial charge in [-0.25, -0.2) is 9.59 Å². The van der Waals surface area contributed by atoms with Crippen LogP contribution in [0.4, 0.5) is 0 Å². The van der Waals surface area contributed by atoms with Gasteiger partial charge in [-0.2, -0.15) is 11.8 Å². The van der Waals surface area contributed by atoms with Crippen molar-refractivity contribution < 1.29 is 39.2 Å². The monoisotopic (exact) mass is 337 g/mol. The lowest BCUT2D eigenvalue weighted by atomic mass is 9.86. The first-order valence-corrected chi connectivity index (χ1v) is 7.63. The van der Waals surface area contributed by atoms with Crippen molar-refractivity contribution in [1.82, 2.24) is 0 Å². The Morgan fingerprint density at radius 1 is 1.23 bits per heavy atom. The molecular formula is C12H19NO8S. The highest BCUT2D eigenvalue weighted by Gasteiger charge is 2.48. The Hall–Kier alpha value is -1.65. The average Bonchev–Trinajstić information content (AvgIpc) is 2.42. The Labute approximate surface area is 130 Å². The second-order valence-corrected chi connectivity index (χ2v) is 5.64. The average molecular weight is 337 g/mol. The summed E-state index contributed by atoms with van der Waals surface area (Å²) in [4.78, 5) is 45.0. The predicted octanol–water partition coefficient (Wildman–Crippen LogP) is -0.937. The first-order valence-electron chi connectivity index (χ1n) is 6.23. The summed E-state index contributed by atoms with van der Waals surface area (Å²) < 4.78 is 4.42. The Balaban J connectivity index is 4.92. The van der Waals surface area contributed by atoms with E-state index in [9.17, 15) is 24.3 Å². The second kappa shape index (κ2) is 8.71. The number of aliphatic hydroxyl groups is 1. The summed E-state index contributed by atoms with van der Waals surface area (Å²) in [5, 5.41) is 27.4. The largest absolute Gasteiger partial charge is 0.481 e. The van der Waals surface area contributed by atoms with E-state index in [4.69, 9.17) is 15.9 Å². The molecule has 0 saturated heterocycles. The number of hydrogen-bond acceptors (Lipinski definition) is 8. The highest BCUT2D eigenvalue weighted by atomic mass is 32.2. The van der Waals surface area contributed by atoms with E-state index in [-0.39, 0.29) is 6.42 Å². The number of carbonyl (C=O) groups is 4. The van der Waals surface area contributed by atoms with Crippen molar-refractivity contribution in [2.45, 2.75) is 31.4 Å². The number of hydrogen-bond donors (Lipinski definition) is 4. The zero-order valence-corrected chi connectivity index (χ0v) is 13.0. The topological polar surface area (TPSA) is 164 Å². The molecule has 0 aromatic heterocycles. The van der Waals surface area contributed by atoms with Crippen molar-refractivity contribution in [2.24, 2.45) is 11.7 Å². The SMILES string of the molecule is CSCC[C@H](N)C(=O)OC(=O)C(C)C(O)(CC(=O)O)C(=O)O. The van der Waals surface area contributed by atoms with Crippen molar-refractivity contribution in [2.75, 3.05) is 12.0 Å². The molecule has 0 saturated carbocycles. The number of carboxylic acids is 2. The summed E-state index contributed by atoms with van der Waals surface area (Å²) in [6, 6.07) is -1.07. The van der Waals surface area contributed by atoms with Crippen LogP contribution in [0.1, 0.15) is 19.8 Å². The number of esters is 2. The van der Waals surface area contributed by atoms with Gasteiger partial charge < -0.3 is 25.8 Å². The van der Waals surface area contributed by atoms with Crippen LogP contribution in [0.3, 0.4) is 0 Å². The summed E-state index contributed by atoms with van der Waals surface area (Å²) in [7, 11) is 0. The summed E-state index contributed by atoms with van der Waals surface area (Å²) in [6.07, 6.45) is 0.829. The van der Waals surface area contributed by atoms with Gasteiger partial charge in [0, 0.05) is 0 Å². The molecule has 10 heteroatoms. The van der Waals surface area contributed by atoms with Gasteiger partial charge >= 0.3 is 23.9 Å². The van der Waals surface area contributed by atoms with E-state index in [1.165, 1.54) is 11.8 Å². The smallest absolute Gasteiger partial charge is 0.337 e. The van der Waals surface area contributed by atoms with Crippen LogP contribution >= 0.6 is 11.8 Å². The molecule has 0 aromatic rings. The Kier molecular flexibility index (Phi) is 8.06. The van der Waals surface area contributed by atoms with Gasteiger partial charge in [-0.3, -0.25) is 9.59 Å². The van der Waals surface area contributed by atoms with E-state index in [0.717, 1.165) is 6.92 Å². The van der Waals surface area contributed by atoms with E-state index in [2.05, 4.69) is 4.74 Å². The number of ether oxygens (including phenoxy) is 1. The predicted molar refractivity (Wildman–Crippen MR) is 76.1 cm³/mol. The lowest BCUT2D eigenvalue weighted by molar-refractivity contribution is -0.182. The first-order chi connectivity index (χ1) is 10.1. The van der Waals surface area contributed by atoms with Crippen LogP contribution in [0.5, 0.6) is 0 Å². The van der Waals surface area contributed by atoms with Gasteiger partial charge in [0.15, 0.2) is 5.60 Å². The number of rotatable bonds is 9. The summed E-state index contributed by atoms with van der Waals surface area (Å²) in [5.74, 6) is -7.15. The highest BCUT2D eigenvalue weighted by molar-refractivity contribution is 7.98. The fraction of sp³-hybridized carbons (Fsp3) is 0.667. The van der Waals surface area contributed by atoms with Crippen LogP contribution in [0.15, 0.2) is 0 Å². The normalized spacial score (nSPS) is 16.2. The molecule has 0 heterocycles. The van der Waals surface area contributed by atoms with Crippen molar-refractivity contribution in [3.05, 3.63) is 0 Å². The van der Waals surface area contributed by atoms with Gasteiger partial charge in [0.2, 0.25) is 0 Å². The highest BCUT2D eigenvalue weighted by Crippen LogP contribution is 2.24. The van der Waals surface area contributed by atoms with Crippen LogP contribution in [0.25, 0.3) is 0 Å². The zero-order chi connectivity index (χ0) is 17.5. The van der Waals surface area contributed by atoms with E-state index in [1.54, 1.807) is 6.26 Å². The molecule has 0 aliphatic heterocycles. The molecule has 0 aliphatic rings. The molecule has 126 valence electrons. The number of aliphatic carboxylic acids is 2. The third-order valence-electron chi connectivity index (χ3n) is 3.00. The molecule has 0 radical (unpaired) electrons. The van der Waals surface area contributed by atoms with Crippen molar-refractivity contribution >= 4 is 35.6 Å². The standard InChI is InChI=1S/C12H19NO8S/c1-6(12(20,11(18)19)5-8(14)15)9(16)21-10(17)7(13)3-4-22-2/h6-7,20H,3-5,13H2,1-2H3,(H,14,15)(H,18,19)/t6?,7-,12?/m0/s1. The Bertz CT molecular complexity index is 454. The van der Waals surface area contributed by atoms with Gasteiger partial charge in [-0.05, 0) is 25.4 Å². The van der Waals surface area contributed by atoms with Crippen LogP contribution < -0.4 is 5.73 Å². The fourth-order valence-corrected chi connectivity index (χ4v) is 1.95. The number of nitrogens with two attached hydrogens (primary N) is 1. The maximum absolute atomic E-state index is 11.7. The molecule has 0 aliphatic carbocycles. The van der Waals surface area contributed by atoms with Gasteiger partial charge in [-0.15, -0.1) is 0 Å². The van der Waals surface area contributed by atoms with E-state index < -0.39 is 47.9 Å². The molecule has 9 nitrogen and oxygen atoms in total. The van der Waals surface area contributed by atoms with E-state index in [1.807, 2.05) is 0 Å². The molecular weight excluding hydrogens is 318 g/mol. The Morgan fingerprint density at radius 2 is 1.77 bits per heavy atom. The number of carboxylic acid groups (broad SMARTS) is 2. The van der Waals surface area contributed by atoms with Crippen molar-refractivity contribution in [3.8, 4) is 0 Å². The zero-order valence-electron chi connectivity index (χ0n) is 12.1. The van der Waals surface area contributed by atoms with E-state index >= 15 is 0 Å². The van der Waals surface area contributed by atoms with Crippen LogP contribution in [-0.4, -0.2) is 62.8 Å². The maximum Gasteiger partial charge on any atom is 0.337 e. The minimum atomic E-state index is -2.88. The first kappa shape index (κ1) is 20.3. The van der Waals surface area contributed by atoms with E-state index in [0.29, 0.717) is 5.75 Å². The summed E-state index contributed by atoms with van der Waals surface area (Å²) in [6.45, 7) is 0.958.